The molecule has 0 aliphatic heterocycles. The summed E-state index contributed by atoms with van der Waals surface area (Å²) in [6.07, 6.45) is 68.2. The smallest absolute Gasteiger partial charge is 0.306 e. The molecule has 6 heteroatoms. The average Bonchev–Trinajstić information content (AvgIpc) is 3.29. The highest BCUT2D eigenvalue weighted by Crippen LogP contribution is 2.13. The van der Waals surface area contributed by atoms with E-state index in [-0.39, 0.29) is 37.5 Å². The molecule has 0 N–H and O–H groups in total. The minimum Gasteiger partial charge on any atom is -0.462 e. The molecule has 0 aromatic rings. The van der Waals surface area contributed by atoms with E-state index in [9.17, 15) is 14.4 Å². The van der Waals surface area contributed by atoms with Gasteiger partial charge in [0.2, 0.25) is 0 Å². The lowest BCUT2D eigenvalue weighted by Crippen LogP contribution is -2.30. The summed E-state index contributed by atoms with van der Waals surface area (Å²) in [5.41, 5.74) is 0. The zero-order valence-corrected chi connectivity index (χ0v) is 41.5. The number of carbonyl (C=O) groups is 3. The summed E-state index contributed by atoms with van der Waals surface area (Å²) in [5.74, 6) is -0.991. The summed E-state index contributed by atoms with van der Waals surface area (Å²) in [6.45, 7) is 6.40. The van der Waals surface area contributed by atoms with Crippen LogP contribution in [0.3, 0.4) is 0 Å². The largest absolute Gasteiger partial charge is 0.462 e. The molecule has 0 saturated heterocycles. The van der Waals surface area contributed by atoms with E-state index < -0.39 is 6.10 Å². The first-order valence-corrected chi connectivity index (χ1v) is 26.2. The van der Waals surface area contributed by atoms with Crippen molar-refractivity contribution in [1.82, 2.24) is 0 Å². The molecule has 0 aliphatic carbocycles. The van der Waals surface area contributed by atoms with Crippen molar-refractivity contribution in [3.05, 3.63) is 97.2 Å². The minimum atomic E-state index is -0.811. The standard InChI is InChI=1S/C58H96O6/c1-4-7-10-13-16-19-22-25-28-29-31-33-36-39-42-45-48-51-57(60)63-54-55(53-62-56(59)50-47-44-41-38-35-32-27-24-21-18-15-12-9-6-3)64-58(61)52-49-46-43-40-37-34-30-26-23-20-17-14-11-8-5-2/h7,10,15-16,18-19,24-28,30-31,33,39,42,55H,4-6,8-9,11-14,17,20-23,29,32,34-38,40-41,43-54H2,1-3H3/b10-7-,18-15-,19-16-,27-24-,28-25-,30-26-,33-31-,42-39-/t55-/m1/s1. The summed E-state index contributed by atoms with van der Waals surface area (Å²) < 4.78 is 16.7. The Labute approximate surface area is 394 Å². The van der Waals surface area contributed by atoms with Crippen molar-refractivity contribution < 1.29 is 28.6 Å². The monoisotopic (exact) mass is 889 g/mol. The first kappa shape index (κ1) is 60.3. The van der Waals surface area contributed by atoms with Gasteiger partial charge in [0.1, 0.15) is 13.2 Å². The molecule has 0 bridgehead atoms. The number of unbranched alkanes of at least 4 members (excludes halogenated alkanes) is 19. The normalized spacial score (nSPS) is 12.9. The van der Waals surface area contributed by atoms with E-state index in [4.69, 9.17) is 14.2 Å². The highest BCUT2D eigenvalue weighted by Gasteiger charge is 2.19. The van der Waals surface area contributed by atoms with Crippen LogP contribution < -0.4 is 0 Å². The maximum absolute atomic E-state index is 12.8. The lowest BCUT2D eigenvalue weighted by molar-refractivity contribution is -0.167. The van der Waals surface area contributed by atoms with Crippen LogP contribution in [-0.2, 0) is 28.6 Å². The van der Waals surface area contributed by atoms with E-state index in [0.717, 1.165) is 116 Å². The molecule has 364 valence electrons. The Morgan fingerprint density at radius 1 is 0.328 bits per heavy atom. The number of esters is 3. The van der Waals surface area contributed by atoms with Crippen LogP contribution in [0.1, 0.15) is 233 Å². The number of rotatable bonds is 46. The van der Waals surface area contributed by atoms with Crippen molar-refractivity contribution in [2.45, 2.75) is 239 Å². The van der Waals surface area contributed by atoms with Gasteiger partial charge in [-0.25, -0.2) is 0 Å². The zero-order valence-electron chi connectivity index (χ0n) is 41.5. The van der Waals surface area contributed by atoms with Gasteiger partial charge in [0.25, 0.3) is 0 Å². The highest BCUT2D eigenvalue weighted by molar-refractivity contribution is 5.71. The Balaban J connectivity index is 4.52. The van der Waals surface area contributed by atoms with Crippen LogP contribution in [0.15, 0.2) is 97.2 Å². The van der Waals surface area contributed by atoms with Gasteiger partial charge in [0, 0.05) is 19.3 Å². The molecule has 64 heavy (non-hydrogen) atoms. The first-order valence-electron chi connectivity index (χ1n) is 26.2. The summed E-state index contributed by atoms with van der Waals surface area (Å²) in [7, 11) is 0. The molecule has 0 fully saturated rings. The van der Waals surface area contributed by atoms with Crippen molar-refractivity contribution >= 4 is 17.9 Å². The Hall–Kier alpha value is -3.67. The maximum Gasteiger partial charge on any atom is 0.306 e. The molecule has 0 spiro atoms. The molecule has 0 radical (unpaired) electrons. The molecule has 0 aliphatic rings. The molecule has 0 aromatic heterocycles. The van der Waals surface area contributed by atoms with Crippen LogP contribution in [-0.4, -0.2) is 37.2 Å². The van der Waals surface area contributed by atoms with Gasteiger partial charge in [-0.3, -0.25) is 14.4 Å². The molecule has 0 unspecified atom stereocenters. The predicted octanol–water partition coefficient (Wildman–Crippen LogP) is 17.4. The molecule has 6 nitrogen and oxygen atoms in total. The Kier molecular flexibility index (Phi) is 49.0. The second-order valence-electron chi connectivity index (χ2n) is 17.0. The fourth-order valence-electron chi connectivity index (χ4n) is 6.84. The quantitative estimate of drug-likeness (QED) is 0.0262. The van der Waals surface area contributed by atoms with E-state index >= 15 is 0 Å². The molecular formula is C58H96O6. The summed E-state index contributed by atoms with van der Waals surface area (Å²) in [6, 6.07) is 0. The summed E-state index contributed by atoms with van der Waals surface area (Å²) >= 11 is 0. The van der Waals surface area contributed by atoms with E-state index in [0.29, 0.717) is 19.3 Å². The number of ether oxygens (including phenoxy) is 3. The molecule has 0 heterocycles. The minimum absolute atomic E-state index is 0.107. The molecule has 0 saturated carbocycles. The van der Waals surface area contributed by atoms with E-state index in [2.05, 4.69) is 118 Å². The average molecular weight is 889 g/mol. The molecular weight excluding hydrogens is 793 g/mol. The van der Waals surface area contributed by atoms with Crippen molar-refractivity contribution in [2.24, 2.45) is 0 Å². The third-order valence-corrected chi connectivity index (χ3v) is 10.8. The first-order chi connectivity index (χ1) is 31.5. The van der Waals surface area contributed by atoms with E-state index in [1.165, 1.54) is 70.6 Å². The fraction of sp³-hybridized carbons (Fsp3) is 0.672. The highest BCUT2D eigenvalue weighted by atomic mass is 16.6. The number of carbonyl (C=O) groups excluding carboxylic acids is 3. The Morgan fingerprint density at radius 3 is 1.08 bits per heavy atom. The number of hydrogen-bond donors (Lipinski definition) is 0. The van der Waals surface area contributed by atoms with Crippen molar-refractivity contribution in [2.75, 3.05) is 13.2 Å². The molecule has 0 rings (SSSR count). The topological polar surface area (TPSA) is 78.9 Å². The summed E-state index contributed by atoms with van der Waals surface area (Å²) in [4.78, 5) is 38.0. The Bertz CT molecular complexity index is 1300. The molecule has 0 amide bonds. The van der Waals surface area contributed by atoms with Gasteiger partial charge in [0.05, 0.1) is 0 Å². The SMILES string of the molecule is CC/C=C\C/C=C\C/C=C\C/C=C\C/C=C\CCCC(=O)OC[C@@H](COC(=O)CCCCCCC/C=C\C/C=C\CCCC)OC(=O)CCCCCCC/C=C\CCCCCCCC. The predicted molar refractivity (Wildman–Crippen MR) is 274 cm³/mol. The van der Waals surface area contributed by atoms with E-state index in [1.54, 1.807) is 0 Å². The van der Waals surface area contributed by atoms with Gasteiger partial charge in [-0.05, 0) is 109 Å². The van der Waals surface area contributed by atoms with Gasteiger partial charge < -0.3 is 14.2 Å². The number of allylic oxidation sites excluding steroid dienone is 16. The van der Waals surface area contributed by atoms with Crippen LogP contribution in [0.4, 0.5) is 0 Å². The second-order valence-corrected chi connectivity index (χ2v) is 17.0. The van der Waals surface area contributed by atoms with Crippen LogP contribution in [0.2, 0.25) is 0 Å². The van der Waals surface area contributed by atoms with Gasteiger partial charge in [0.15, 0.2) is 6.10 Å². The van der Waals surface area contributed by atoms with Crippen LogP contribution in [0.5, 0.6) is 0 Å². The third kappa shape index (κ3) is 49.3. The maximum atomic E-state index is 12.8. The van der Waals surface area contributed by atoms with Crippen LogP contribution >= 0.6 is 0 Å². The Morgan fingerprint density at radius 2 is 0.641 bits per heavy atom. The fourth-order valence-corrected chi connectivity index (χ4v) is 6.84. The van der Waals surface area contributed by atoms with Gasteiger partial charge in [-0.1, -0.05) is 201 Å². The van der Waals surface area contributed by atoms with Gasteiger partial charge in [-0.15, -0.1) is 0 Å². The van der Waals surface area contributed by atoms with E-state index in [1.807, 2.05) is 0 Å². The van der Waals surface area contributed by atoms with Gasteiger partial charge >= 0.3 is 17.9 Å². The van der Waals surface area contributed by atoms with Gasteiger partial charge in [-0.2, -0.15) is 0 Å². The van der Waals surface area contributed by atoms with Crippen molar-refractivity contribution in [3.63, 3.8) is 0 Å². The molecule has 0 aromatic carbocycles. The zero-order chi connectivity index (χ0) is 46.5. The third-order valence-electron chi connectivity index (χ3n) is 10.8. The number of hydrogen-bond acceptors (Lipinski definition) is 6. The second kappa shape index (κ2) is 52.0. The lowest BCUT2D eigenvalue weighted by atomic mass is 10.1. The summed E-state index contributed by atoms with van der Waals surface area (Å²) in [5, 5.41) is 0. The van der Waals surface area contributed by atoms with Crippen molar-refractivity contribution in [1.29, 1.82) is 0 Å². The van der Waals surface area contributed by atoms with Crippen LogP contribution in [0.25, 0.3) is 0 Å². The van der Waals surface area contributed by atoms with Crippen LogP contribution in [0, 0.1) is 0 Å². The molecule has 1 atom stereocenters. The lowest BCUT2D eigenvalue weighted by Gasteiger charge is -2.18. The van der Waals surface area contributed by atoms with Crippen molar-refractivity contribution in [3.8, 4) is 0 Å².